The fourth-order valence-electron chi connectivity index (χ4n) is 1.72. The number of anilines is 1. The lowest BCUT2D eigenvalue weighted by Gasteiger charge is -2.09. The van der Waals surface area contributed by atoms with Gasteiger partial charge in [-0.15, -0.1) is 0 Å². The van der Waals surface area contributed by atoms with Crippen molar-refractivity contribution in [3.05, 3.63) is 59.5 Å². The van der Waals surface area contributed by atoms with E-state index in [-0.39, 0.29) is 5.82 Å². The highest BCUT2D eigenvalue weighted by Crippen LogP contribution is 2.11. The Kier molecular flexibility index (Phi) is 4.41. The molecule has 0 spiro atoms. The number of hydrogen-bond donors (Lipinski definition) is 2. The van der Waals surface area contributed by atoms with Gasteiger partial charge in [0.15, 0.2) is 0 Å². The first-order valence-electron chi connectivity index (χ1n) is 5.90. The Labute approximate surface area is 116 Å². The number of thiocarbonyl (C=S) groups is 1. The normalized spacial score (nSPS) is 10.2. The summed E-state index contributed by atoms with van der Waals surface area (Å²) in [7, 11) is 0. The zero-order valence-corrected chi connectivity index (χ0v) is 11.1. The van der Waals surface area contributed by atoms with E-state index < -0.39 is 0 Å². The molecule has 0 saturated heterocycles. The van der Waals surface area contributed by atoms with Crippen LogP contribution in [0.4, 0.5) is 10.2 Å². The molecule has 2 rings (SSSR count). The number of hydrogen-bond acceptors (Lipinski definition) is 3. The molecule has 19 heavy (non-hydrogen) atoms. The standard InChI is InChI=1S/C14H14FN3S/c15-11-5-3-10(4-6-11)7-9-18-14-12(13(16)19)2-1-8-17-14/h1-6,8H,7,9H2,(H2,16,19)(H,17,18). The molecule has 5 heteroatoms. The lowest BCUT2D eigenvalue weighted by molar-refractivity contribution is 0.627. The summed E-state index contributed by atoms with van der Waals surface area (Å²) >= 11 is 4.96. The molecule has 1 aromatic carbocycles. The van der Waals surface area contributed by atoms with Crippen LogP contribution in [0.15, 0.2) is 42.6 Å². The van der Waals surface area contributed by atoms with E-state index in [1.807, 2.05) is 6.07 Å². The van der Waals surface area contributed by atoms with Crippen LogP contribution in [0, 0.1) is 5.82 Å². The molecule has 0 radical (unpaired) electrons. The van der Waals surface area contributed by atoms with Gasteiger partial charge >= 0.3 is 0 Å². The highest BCUT2D eigenvalue weighted by molar-refractivity contribution is 7.80. The maximum Gasteiger partial charge on any atom is 0.136 e. The van der Waals surface area contributed by atoms with Crippen LogP contribution in [0.25, 0.3) is 0 Å². The van der Waals surface area contributed by atoms with Crippen molar-refractivity contribution in [3.63, 3.8) is 0 Å². The first-order valence-corrected chi connectivity index (χ1v) is 6.31. The number of nitrogens with two attached hydrogens (primary N) is 1. The van der Waals surface area contributed by atoms with Crippen molar-refractivity contribution in [1.82, 2.24) is 4.98 Å². The van der Waals surface area contributed by atoms with Gasteiger partial charge in [0, 0.05) is 12.7 Å². The highest BCUT2D eigenvalue weighted by atomic mass is 32.1. The molecule has 0 saturated carbocycles. The van der Waals surface area contributed by atoms with E-state index in [1.54, 1.807) is 24.4 Å². The van der Waals surface area contributed by atoms with Crippen molar-refractivity contribution in [2.24, 2.45) is 5.73 Å². The molecule has 0 bridgehead atoms. The average molecular weight is 275 g/mol. The third-order valence-electron chi connectivity index (χ3n) is 2.69. The Balaban J connectivity index is 1.96. The van der Waals surface area contributed by atoms with Crippen molar-refractivity contribution in [3.8, 4) is 0 Å². The van der Waals surface area contributed by atoms with E-state index in [4.69, 9.17) is 18.0 Å². The monoisotopic (exact) mass is 275 g/mol. The van der Waals surface area contributed by atoms with Gasteiger partial charge in [-0.05, 0) is 36.2 Å². The number of benzene rings is 1. The van der Waals surface area contributed by atoms with Crippen molar-refractivity contribution in [2.45, 2.75) is 6.42 Å². The number of pyridine rings is 1. The zero-order chi connectivity index (χ0) is 13.7. The molecular weight excluding hydrogens is 261 g/mol. The Morgan fingerprint density at radius 3 is 2.68 bits per heavy atom. The molecule has 0 unspecified atom stereocenters. The van der Waals surface area contributed by atoms with Crippen molar-refractivity contribution < 1.29 is 4.39 Å². The predicted octanol–water partition coefficient (Wildman–Crippen LogP) is 2.51. The Morgan fingerprint density at radius 2 is 2.00 bits per heavy atom. The van der Waals surface area contributed by atoms with Gasteiger partial charge in [0.2, 0.25) is 0 Å². The summed E-state index contributed by atoms with van der Waals surface area (Å²) in [6.45, 7) is 0.679. The van der Waals surface area contributed by atoms with Gasteiger partial charge in [-0.3, -0.25) is 0 Å². The molecule has 0 fully saturated rings. The number of rotatable bonds is 5. The van der Waals surface area contributed by atoms with E-state index in [9.17, 15) is 4.39 Å². The Hall–Kier alpha value is -2.01. The Bertz CT molecular complexity index is 569. The second-order valence-corrected chi connectivity index (χ2v) is 4.51. The molecule has 0 aliphatic rings. The van der Waals surface area contributed by atoms with Crippen molar-refractivity contribution in [1.29, 1.82) is 0 Å². The summed E-state index contributed by atoms with van der Waals surface area (Å²) in [5, 5.41) is 3.19. The van der Waals surface area contributed by atoms with Crippen LogP contribution < -0.4 is 11.1 Å². The minimum atomic E-state index is -0.225. The summed E-state index contributed by atoms with van der Waals surface area (Å²) in [4.78, 5) is 4.52. The fourth-order valence-corrected chi connectivity index (χ4v) is 1.89. The van der Waals surface area contributed by atoms with Gasteiger partial charge in [-0.1, -0.05) is 24.4 Å². The third kappa shape index (κ3) is 3.72. The molecule has 0 aliphatic heterocycles. The number of nitrogens with one attached hydrogen (secondary N) is 1. The fraction of sp³-hybridized carbons (Fsp3) is 0.143. The first-order chi connectivity index (χ1) is 9.16. The van der Waals surface area contributed by atoms with Crippen molar-refractivity contribution in [2.75, 3.05) is 11.9 Å². The molecule has 3 N–H and O–H groups in total. The molecule has 0 atom stereocenters. The van der Waals surface area contributed by atoms with Gasteiger partial charge in [0.25, 0.3) is 0 Å². The molecule has 98 valence electrons. The molecule has 2 aromatic rings. The number of nitrogens with zero attached hydrogens (tertiary/aromatic N) is 1. The number of halogens is 1. The van der Waals surface area contributed by atoms with E-state index in [1.165, 1.54) is 12.1 Å². The smallest absolute Gasteiger partial charge is 0.136 e. The van der Waals surface area contributed by atoms with Crippen LogP contribution in [0.2, 0.25) is 0 Å². The van der Waals surface area contributed by atoms with Crippen LogP contribution in [-0.4, -0.2) is 16.5 Å². The third-order valence-corrected chi connectivity index (χ3v) is 2.91. The number of aromatic nitrogens is 1. The van der Waals surface area contributed by atoms with Gasteiger partial charge in [0.05, 0.1) is 5.56 Å². The van der Waals surface area contributed by atoms with E-state index in [0.29, 0.717) is 17.4 Å². The van der Waals surface area contributed by atoms with Gasteiger partial charge < -0.3 is 11.1 Å². The van der Waals surface area contributed by atoms with Crippen LogP contribution in [0.1, 0.15) is 11.1 Å². The quantitative estimate of drug-likeness (QED) is 0.823. The zero-order valence-electron chi connectivity index (χ0n) is 10.3. The summed E-state index contributed by atoms with van der Waals surface area (Å²) in [6, 6.07) is 10.1. The SMILES string of the molecule is NC(=S)c1cccnc1NCCc1ccc(F)cc1. The Morgan fingerprint density at radius 1 is 1.26 bits per heavy atom. The van der Waals surface area contributed by atoms with Gasteiger partial charge in [-0.2, -0.15) is 0 Å². The molecule has 0 aliphatic carbocycles. The second-order valence-electron chi connectivity index (χ2n) is 4.07. The first kappa shape index (κ1) is 13.4. The summed E-state index contributed by atoms with van der Waals surface area (Å²) in [5.41, 5.74) is 7.41. The lowest BCUT2D eigenvalue weighted by Crippen LogP contribution is -2.15. The maximum atomic E-state index is 12.8. The molecule has 1 aromatic heterocycles. The van der Waals surface area contributed by atoms with Crippen LogP contribution in [-0.2, 0) is 6.42 Å². The molecule has 1 heterocycles. The summed E-state index contributed by atoms with van der Waals surface area (Å²) < 4.78 is 12.8. The van der Waals surface area contributed by atoms with Crippen LogP contribution in [0.5, 0.6) is 0 Å². The topological polar surface area (TPSA) is 50.9 Å². The minimum Gasteiger partial charge on any atom is -0.389 e. The lowest BCUT2D eigenvalue weighted by atomic mass is 10.1. The molecular formula is C14H14FN3S. The van der Waals surface area contributed by atoms with E-state index >= 15 is 0 Å². The van der Waals surface area contributed by atoms with Gasteiger partial charge in [-0.25, -0.2) is 9.37 Å². The maximum absolute atomic E-state index is 12.8. The molecule has 0 amide bonds. The largest absolute Gasteiger partial charge is 0.389 e. The summed E-state index contributed by atoms with van der Waals surface area (Å²) in [5.74, 6) is 0.453. The van der Waals surface area contributed by atoms with E-state index in [0.717, 1.165) is 17.5 Å². The van der Waals surface area contributed by atoms with E-state index in [2.05, 4.69) is 10.3 Å². The average Bonchev–Trinajstić information content (AvgIpc) is 2.41. The minimum absolute atomic E-state index is 0.225. The van der Waals surface area contributed by atoms with Gasteiger partial charge in [0.1, 0.15) is 16.6 Å². The predicted molar refractivity (Wildman–Crippen MR) is 78.7 cm³/mol. The molecule has 3 nitrogen and oxygen atoms in total. The van der Waals surface area contributed by atoms with Crippen molar-refractivity contribution >= 4 is 23.0 Å². The highest BCUT2D eigenvalue weighted by Gasteiger charge is 2.04. The second kappa shape index (κ2) is 6.24. The van der Waals surface area contributed by atoms with Crippen LogP contribution >= 0.6 is 12.2 Å². The summed E-state index contributed by atoms with van der Waals surface area (Å²) in [6.07, 6.45) is 2.45. The van der Waals surface area contributed by atoms with Crippen LogP contribution in [0.3, 0.4) is 0 Å².